The number of anilines is 1. The number of nitrogens with zero attached hydrogens (tertiary/aromatic N) is 2. The smallest absolute Gasteiger partial charge is 0.245 e. The van der Waals surface area contributed by atoms with Gasteiger partial charge in [0, 0.05) is 7.11 Å². The molecule has 0 fully saturated rings. The molecule has 9 heteroatoms. The van der Waals surface area contributed by atoms with E-state index < -0.39 is 6.04 Å². The van der Waals surface area contributed by atoms with Crippen molar-refractivity contribution in [2.75, 3.05) is 19.0 Å². The van der Waals surface area contributed by atoms with E-state index in [-0.39, 0.29) is 24.9 Å². The first-order valence-electron chi connectivity index (χ1n) is 5.13. The third-order valence-corrected chi connectivity index (χ3v) is 2.92. The quantitative estimate of drug-likeness (QED) is 0.858. The largest absolute Gasteiger partial charge is 0.462 e. The fraction of sp³-hybridized carbons (Fsp3) is 0.300. The standard InChI is InChI=1S/C10H12N4O3S.ClH/c1-16-5-6(11)8(15)12-10-14-13-9(18-10)7-3-2-4-17-7;/h2-4,6H,5,11H2,1H3,(H,12,14,15);1H. The van der Waals surface area contributed by atoms with E-state index in [0.29, 0.717) is 15.9 Å². The van der Waals surface area contributed by atoms with E-state index in [2.05, 4.69) is 15.5 Å². The number of ether oxygens (including phenoxy) is 1. The van der Waals surface area contributed by atoms with E-state index in [1.54, 1.807) is 18.4 Å². The molecule has 1 unspecified atom stereocenters. The molecule has 1 amide bonds. The van der Waals surface area contributed by atoms with Crippen LogP contribution in [-0.4, -0.2) is 35.9 Å². The molecule has 2 heterocycles. The lowest BCUT2D eigenvalue weighted by atomic mass is 10.3. The van der Waals surface area contributed by atoms with Gasteiger partial charge in [-0.15, -0.1) is 22.6 Å². The Kier molecular flexibility index (Phi) is 5.90. The van der Waals surface area contributed by atoms with Crippen molar-refractivity contribution >= 4 is 34.8 Å². The van der Waals surface area contributed by atoms with Gasteiger partial charge in [-0.3, -0.25) is 10.1 Å². The van der Waals surface area contributed by atoms with Gasteiger partial charge in [0.1, 0.15) is 6.04 Å². The van der Waals surface area contributed by atoms with Crippen LogP contribution in [0, 0.1) is 0 Å². The Labute approximate surface area is 119 Å². The molecule has 0 radical (unpaired) electrons. The highest BCUT2D eigenvalue weighted by atomic mass is 35.5. The molecule has 1 atom stereocenters. The van der Waals surface area contributed by atoms with Crippen LogP contribution in [-0.2, 0) is 9.53 Å². The summed E-state index contributed by atoms with van der Waals surface area (Å²) in [5.41, 5.74) is 5.58. The van der Waals surface area contributed by atoms with Gasteiger partial charge in [-0.05, 0) is 12.1 Å². The summed E-state index contributed by atoms with van der Waals surface area (Å²) in [5.74, 6) is 0.244. The van der Waals surface area contributed by atoms with Gasteiger partial charge in [0.15, 0.2) is 10.8 Å². The molecular formula is C10H13ClN4O3S. The molecular weight excluding hydrogens is 292 g/mol. The Balaban J connectivity index is 0.00000180. The van der Waals surface area contributed by atoms with Gasteiger partial charge < -0.3 is 14.9 Å². The van der Waals surface area contributed by atoms with Crippen LogP contribution in [0.4, 0.5) is 5.13 Å². The number of nitrogens with one attached hydrogen (secondary N) is 1. The molecule has 7 nitrogen and oxygen atoms in total. The molecule has 0 aliphatic rings. The first-order valence-corrected chi connectivity index (χ1v) is 5.95. The summed E-state index contributed by atoms with van der Waals surface area (Å²) >= 11 is 1.21. The predicted octanol–water partition coefficient (Wildman–Crippen LogP) is 1.13. The number of nitrogens with two attached hydrogens (primary N) is 1. The summed E-state index contributed by atoms with van der Waals surface area (Å²) in [6.45, 7) is 0.148. The van der Waals surface area contributed by atoms with Gasteiger partial charge in [0.05, 0.1) is 12.9 Å². The van der Waals surface area contributed by atoms with E-state index >= 15 is 0 Å². The summed E-state index contributed by atoms with van der Waals surface area (Å²) in [6.07, 6.45) is 1.55. The number of furan rings is 1. The average molecular weight is 305 g/mol. The lowest BCUT2D eigenvalue weighted by molar-refractivity contribution is -0.118. The topological polar surface area (TPSA) is 103 Å². The van der Waals surface area contributed by atoms with Gasteiger partial charge in [0.2, 0.25) is 11.0 Å². The molecule has 104 valence electrons. The maximum atomic E-state index is 11.6. The Hall–Kier alpha value is -1.48. The molecule has 0 saturated heterocycles. The van der Waals surface area contributed by atoms with Crippen molar-refractivity contribution in [1.29, 1.82) is 0 Å². The van der Waals surface area contributed by atoms with Crippen molar-refractivity contribution in [3.8, 4) is 10.8 Å². The fourth-order valence-corrected chi connectivity index (χ4v) is 1.94. The predicted molar refractivity (Wildman–Crippen MR) is 73.3 cm³/mol. The van der Waals surface area contributed by atoms with Crippen LogP contribution < -0.4 is 11.1 Å². The third kappa shape index (κ3) is 4.00. The third-order valence-electron chi connectivity index (χ3n) is 2.07. The van der Waals surface area contributed by atoms with Crippen LogP contribution in [0.5, 0.6) is 0 Å². The van der Waals surface area contributed by atoms with Crippen LogP contribution in [0.3, 0.4) is 0 Å². The zero-order valence-electron chi connectivity index (χ0n) is 10.0. The Morgan fingerprint density at radius 2 is 2.42 bits per heavy atom. The minimum absolute atomic E-state index is 0. The SMILES string of the molecule is COCC(N)C(=O)Nc1nnc(-c2ccco2)s1.Cl. The van der Waals surface area contributed by atoms with Crippen LogP contribution in [0.15, 0.2) is 22.8 Å². The molecule has 0 aliphatic heterocycles. The van der Waals surface area contributed by atoms with Crippen LogP contribution >= 0.6 is 23.7 Å². The van der Waals surface area contributed by atoms with Gasteiger partial charge in [0.25, 0.3) is 0 Å². The van der Waals surface area contributed by atoms with Crippen molar-refractivity contribution in [2.24, 2.45) is 5.73 Å². The van der Waals surface area contributed by atoms with E-state index in [9.17, 15) is 4.79 Å². The second-order valence-electron chi connectivity index (χ2n) is 3.44. The molecule has 3 N–H and O–H groups in total. The fourth-order valence-electron chi connectivity index (χ4n) is 1.23. The Bertz CT molecular complexity index is 517. The number of hydrogen-bond donors (Lipinski definition) is 2. The van der Waals surface area contributed by atoms with Gasteiger partial charge in [-0.2, -0.15) is 0 Å². The number of amides is 1. The van der Waals surface area contributed by atoms with Crippen LogP contribution in [0.25, 0.3) is 10.8 Å². The summed E-state index contributed by atoms with van der Waals surface area (Å²) in [6, 6.07) is 2.79. The molecule has 0 spiro atoms. The number of hydrogen-bond acceptors (Lipinski definition) is 7. The van der Waals surface area contributed by atoms with E-state index in [1.807, 2.05) is 0 Å². The summed E-state index contributed by atoms with van der Waals surface area (Å²) < 4.78 is 9.97. The van der Waals surface area contributed by atoms with Crippen molar-refractivity contribution < 1.29 is 13.9 Å². The van der Waals surface area contributed by atoms with Crippen molar-refractivity contribution in [3.05, 3.63) is 18.4 Å². The monoisotopic (exact) mass is 304 g/mol. The second kappa shape index (κ2) is 7.19. The Morgan fingerprint density at radius 3 is 3.05 bits per heavy atom. The molecule has 2 rings (SSSR count). The van der Waals surface area contributed by atoms with Crippen molar-refractivity contribution in [2.45, 2.75) is 6.04 Å². The first-order chi connectivity index (χ1) is 8.70. The maximum Gasteiger partial charge on any atom is 0.245 e. The highest BCUT2D eigenvalue weighted by Crippen LogP contribution is 2.26. The molecule has 19 heavy (non-hydrogen) atoms. The highest BCUT2D eigenvalue weighted by Gasteiger charge is 2.16. The number of rotatable bonds is 5. The minimum Gasteiger partial charge on any atom is -0.462 e. The van der Waals surface area contributed by atoms with Crippen LogP contribution in [0.2, 0.25) is 0 Å². The lowest BCUT2D eigenvalue weighted by Gasteiger charge is -2.08. The number of methoxy groups -OCH3 is 1. The molecule has 0 aromatic carbocycles. The number of carbonyl (C=O) groups is 1. The molecule has 0 saturated carbocycles. The van der Waals surface area contributed by atoms with E-state index in [0.717, 1.165) is 0 Å². The van der Waals surface area contributed by atoms with E-state index in [4.69, 9.17) is 14.9 Å². The minimum atomic E-state index is -0.731. The number of halogens is 1. The van der Waals surface area contributed by atoms with Crippen molar-refractivity contribution in [1.82, 2.24) is 10.2 Å². The molecule has 0 bridgehead atoms. The average Bonchev–Trinajstić information content (AvgIpc) is 2.98. The van der Waals surface area contributed by atoms with Crippen molar-refractivity contribution in [3.63, 3.8) is 0 Å². The van der Waals surface area contributed by atoms with Gasteiger partial charge >= 0.3 is 0 Å². The zero-order valence-corrected chi connectivity index (χ0v) is 11.7. The maximum absolute atomic E-state index is 11.6. The highest BCUT2D eigenvalue weighted by molar-refractivity contribution is 7.18. The molecule has 2 aromatic rings. The first kappa shape index (κ1) is 15.6. The Morgan fingerprint density at radius 1 is 1.63 bits per heavy atom. The lowest BCUT2D eigenvalue weighted by Crippen LogP contribution is -2.39. The zero-order chi connectivity index (χ0) is 13.0. The normalized spacial score (nSPS) is 11.7. The summed E-state index contributed by atoms with van der Waals surface area (Å²) in [5, 5.41) is 11.3. The number of aromatic nitrogens is 2. The molecule has 2 aromatic heterocycles. The number of carbonyl (C=O) groups excluding carboxylic acids is 1. The summed E-state index contributed by atoms with van der Waals surface area (Å²) in [7, 11) is 1.48. The molecule has 0 aliphatic carbocycles. The second-order valence-corrected chi connectivity index (χ2v) is 4.42. The van der Waals surface area contributed by atoms with Crippen LogP contribution in [0.1, 0.15) is 0 Å². The van der Waals surface area contributed by atoms with Gasteiger partial charge in [-0.1, -0.05) is 11.3 Å². The van der Waals surface area contributed by atoms with Gasteiger partial charge in [-0.25, -0.2) is 0 Å². The summed E-state index contributed by atoms with van der Waals surface area (Å²) in [4.78, 5) is 11.6. The van der Waals surface area contributed by atoms with E-state index in [1.165, 1.54) is 18.4 Å².